The number of amides is 2. The summed E-state index contributed by atoms with van der Waals surface area (Å²) in [6, 6.07) is 11.4. The Bertz CT molecular complexity index is 856. The molecule has 6 nitrogen and oxygen atoms in total. The van der Waals surface area contributed by atoms with Crippen molar-refractivity contribution < 1.29 is 23.5 Å². The van der Waals surface area contributed by atoms with E-state index in [0.717, 1.165) is 0 Å². The largest absolute Gasteiger partial charge is 0.494 e. The summed E-state index contributed by atoms with van der Waals surface area (Å²) in [5.41, 5.74) is 1.29. The lowest BCUT2D eigenvalue weighted by Gasteiger charge is -2.29. The molecule has 1 aliphatic rings. The van der Waals surface area contributed by atoms with Crippen molar-refractivity contribution >= 4 is 17.5 Å². The summed E-state index contributed by atoms with van der Waals surface area (Å²) in [7, 11) is 1.40. The zero-order chi connectivity index (χ0) is 19.4. The second-order valence-electron chi connectivity index (χ2n) is 6.23. The first-order valence-electron chi connectivity index (χ1n) is 8.64. The minimum atomic E-state index is -0.480. The zero-order valence-corrected chi connectivity index (χ0v) is 15.2. The average molecular weight is 372 g/mol. The number of hydrogen-bond acceptors (Lipinski definition) is 4. The third-order valence-electron chi connectivity index (χ3n) is 4.42. The lowest BCUT2D eigenvalue weighted by molar-refractivity contribution is -0.122. The molecule has 0 unspecified atom stereocenters. The summed E-state index contributed by atoms with van der Waals surface area (Å²) < 4.78 is 24.1. The molecule has 0 radical (unpaired) electrons. The lowest BCUT2D eigenvalue weighted by Crippen LogP contribution is -2.41. The summed E-state index contributed by atoms with van der Waals surface area (Å²) in [4.78, 5) is 26.0. The number of rotatable bonds is 6. The number of benzene rings is 2. The fraction of sp³-hybridized carbons (Fsp3) is 0.300. The molecular weight excluding hydrogens is 351 g/mol. The lowest BCUT2D eigenvalue weighted by atomic mass is 10.1. The van der Waals surface area contributed by atoms with Gasteiger partial charge in [-0.05, 0) is 36.8 Å². The number of anilines is 1. The molecule has 0 aliphatic carbocycles. The van der Waals surface area contributed by atoms with Crippen LogP contribution in [0.25, 0.3) is 0 Å². The van der Waals surface area contributed by atoms with Gasteiger partial charge in [-0.25, -0.2) is 4.39 Å². The van der Waals surface area contributed by atoms with Gasteiger partial charge in [-0.1, -0.05) is 18.2 Å². The molecule has 2 amide bonds. The molecule has 0 spiro atoms. The Kier molecular flexibility index (Phi) is 5.59. The van der Waals surface area contributed by atoms with Crippen molar-refractivity contribution in [1.29, 1.82) is 0 Å². The van der Waals surface area contributed by atoms with E-state index in [-0.39, 0.29) is 43.2 Å². The molecule has 142 valence electrons. The molecule has 7 heteroatoms. The van der Waals surface area contributed by atoms with Crippen molar-refractivity contribution in [2.24, 2.45) is 0 Å². The van der Waals surface area contributed by atoms with E-state index >= 15 is 0 Å². The van der Waals surface area contributed by atoms with Gasteiger partial charge in [-0.2, -0.15) is 0 Å². The first kappa shape index (κ1) is 18.7. The Labute approximate surface area is 156 Å². The highest BCUT2D eigenvalue weighted by Gasteiger charge is 2.25. The average Bonchev–Trinajstić information content (AvgIpc) is 2.67. The van der Waals surface area contributed by atoms with Gasteiger partial charge in [0, 0.05) is 13.0 Å². The van der Waals surface area contributed by atoms with Crippen LogP contribution in [0.2, 0.25) is 0 Å². The Morgan fingerprint density at radius 2 is 2.11 bits per heavy atom. The summed E-state index contributed by atoms with van der Waals surface area (Å²) in [5, 5.41) is 2.82. The van der Waals surface area contributed by atoms with Crippen LogP contribution in [0.3, 0.4) is 0 Å². The standard InChI is InChI=1S/C20H21FN2O4/c1-13(14-7-8-17(26-2)15(21)11-14)22-19(24)9-10-23-16-5-3-4-6-18(16)27-12-20(23)25/h3-8,11,13H,9-10,12H2,1-2H3,(H,22,24)/t13-/m0/s1. The Balaban J connectivity index is 1.60. The maximum absolute atomic E-state index is 13.8. The molecule has 1 atom stereocenters. The van der Waals surface area contributed by atoms with Gasteiger partial charge in [0.15, 0.2) is 18.2 Å². The number of carbonyl (C=O) groups excluding carboxylic acids is 2. The third-order valence-corrected chi connectivity index (χ3v) is 4.42. The van der Waals surface area contributed by atoms with Gasteiger partial charge >= 0.3 is 0 Å². The van der Waals surface area contributed by atoms with Crippen molar-refractivity contribution in [2.45, 2.75) is 19.4 Å². The van der Waals surface area contributed by atoms with Gasteiger partial charge in [-0.3, -0.25) is 9.59 Å². The van der Waals surface area contributed by atoms with Crippen LogP contribution in [0, 0.1) is 5.82 Å². The van der Waals surface area contributed by atoms with Crippen LogP contribution in [0.5, 0.6) is 11.5 Å². The van der Waals surface area contributed by atoms with Gasteiger partial charge in [-0.15, -0.1) is 0 Å². The molecule has 0 saturated heterocycles. The maximum Gasteiger partial charge on any atom is 0.265 e. The number of nitrogens with zero attached hydrogens (tertiary/aromatic N) is 1. The van der Waals surface area contributed by atoms with Gasteiger partial charge in [0.2, 0.25) is 5.91 Å². The van der Waals surface area contributed by atoms with Crippen LogP contribution in [-0.4, -0.2) is 32.1 Å². The Hall–Kier alpha value is -3.09. The zero-order valence-electron chi connectivity index (χ0n) is 15.2. The highest BCUT2D eigenvalue weighted by atomic mass is 19.1. The van der Waals surface area contributed by atoms with Crippen LogP contribution in [-0.2, 0) is 9.59 Å². The molecule has 2 aromatic rings. The number of ether oxygens (including phenoxy) is 2. The molecule has 0 aromatic heterocycles. The molecule has 27 heavy (non-hydrogen) atoms. The van der Waals surface area contributed by atoms with E-state index < -0.39 is 5.82 Å². The summed E-state index contributed by atoms with van der Waals surface area (Å²) in [6.45, 7) is 1.98. The van der Waals surface area contributed by atoms with Crippen molar-refractivity contribution in [3.63, 3.8) is 0 Å². The van der Waals surface area contributed by atoms with E-state index in [1.807, 2.05) is 12.1 Å². The number of halogens is 1. The fourth-order valence-electron chi connectivity index (χ4n) is 2.96. The maximum atomic E-state index is 13.8. The minimum absolute atomic E-state index is 0.0415. The van der Waals surface area contributed by atoms with Crippen molar-refractivity contribution in [2.75, 3.05) is 25.2 Å². The number of methoxy groups -OCH3 is 1. The number of hydrogen-bond donors (Lipinski definition) is 1. The molecule has 3 rings (SSSR count). The normalized spacial score (nSPS) is 14.2. The number of para-hydroxylation sites is 2. The quantitative estimate of drug-likeness (QED) is 0.847. The van der Waals surface area contributed by atoms with Crippen molar-refractivity contribution in [3.05, 3.63) is 53.8 Å². The second kappa shape index (κ2) is 8.07. The molecular formula is C20H21FN2O4. The first-order chi connectivity index (χ1) is 13.0. The highest BCUT2D eigenvalue weighted by molar-refractivity contribution is 5.98. The van der Waals surface area contributed by atoms with E-state index in [9.17, 15) is 14.0 Å². The fourth-order valence-corrected chi connectivity index (χ4v) is 2.96. The first-order valence-corrected chi connectivity index (χ1v) is 8.64. The van der Waals surface area contributed by atoms with Crippen LogP contribution in [0.15, 0.2) is 42.5 Å². The van der Waals surface area contributed by atoms with E-state index in [2.05, 4.69) is 5.32 Å². The SMILES string of the molecule is COc1ccc([C@H](C)NC(=O)CCN2C(=O)COc3ccccc32)cc1F. The topological polar surface area (TPSA) is 67.9 Å². The van der Waals surface area contributed by atoms with E-state index in [1.165, 1.54) is 19.2 Å². The summed E-state index contributed by atoms with van der Waals surface area (Å²) in [5.74, 6) is -0.116. The monoisotopic (exact) mass is 372 g/mol. The van der Waals surface area contributed by atoms with E-state index in [0.29, 0.717) is 17.0 Å². The second-order valence-corrected chi connectivity index (χ2v) is 6.23. The Morgan fingerprint density at radius 1 is 1.33 bits per heavy atom. The van der Waals surface area contributed by atoms with Gasteiger partial charge < -0.3 is 19.7 Å². The summed E-state index contributed by atoms with van der Waals surface area (Å²) in [6.07, 6.45) is 0.128. The summed E-state index contributed by atoms with van der Waals surface area (Å²) >= 11 is 0. The van der Waals surface area contributed by atoms with Gasteiger partial charge in [0.1, 0.15) is 5.75 Å². The predicted octanol–water partition coefficient (Wildman–Crippen LogP) is 2.83. The van der Waals surface area contributed by atoms with E-state index in [4.69, 9.17) is 9.47 Å². The molecule has 0 fully saturated rings. The molecule has 2 aromatic carbocycles. The molecule has 1 N–H and O–H groups in total. The minimum Gasteiger partial charge on any atom is -0.494 e. The molecule has 1 heterocycles. The van der Waals surface area contributed by atoms with Crippen LogP contribution < -0.4 is 19.7 Å². The number of fused-ring (bicyclic) bond motifs is 1. The van der Waals surface area contributed by atoms with Crippen molar-refractivity contribution in [1.82, 2.24) is 5.32 Å². The molecule has 0 saturated carbocycles. The van der Waals surface area contributed by atoms with Gasteiger partial charge in [0.25, 0.3) is 5.91 Å². The molecule has 1 aliphatic heterocycles. The number of carbonyl (C=O) groups is 2. The van der Waals surface area contributed by atoms with Crippen LogP contribution >= 0.6 is 0 Å². The number of nitrogens with one attached hydrogen (secondary N) is 1. The predicted molar refractivity (Wildman–Crippen MR) is 98.4 cm³/mol. The van der Waals surface area contributed by atoms with Gasteiger partial charge in [0.05, 0.1) is 18.8 Å². The van der Waals surface area contributed by atoms with E-state index in [1.54, 1.807) is 30.0 Å². The highest BCUT2D eigenvalue weighted by Crippen LogP contribution is 2.31. The smallest absolute Gasteiger partial charge is 0.265 e. The van der Waals surface area contributed by atoms with Crippen LogP contribution in [0.4, 0.5) is 10.1 Å². The molecule has 0 bridgehead atoms. The third kappa shape index (κ3) is 4.19. The van der Waals surface area contributed by atoms with Crippen LogP contribution in [0.1, 0.15) is 24.9 Å². The van der Waals surface area contributed by atoms with Crippen molar-refractivity contribution in [3.8, 4) is 11.5 Å². The Morgan fingerprint density at radius 3 is 2.85 bits per heavy atom.